The molecule has 0 aromatic heterocycles. The molecule has 0 N–H and O–H groups in total. The highest BCUT2D eigenvalue weighted by molar-refractivity contribution is 6.89. The van der Waals surface area contributed by atoms with E-state index >= 15 is 0 Å². The highest BCUT2D eigenvalue weighted by Crippen LogP contribution is 2.36. The van der Waals surface area contributed by atoms with Crippen LogP contribution in [0, 0.1) is 0 Å². The van der Waals surface area contributed by atoms with Crippen molar-refractivity contribution in [3.8, 4) is 0 Å². The highest BCUT2D eigenvalue weighted by Gasteiger charge is 2.51. The van der Waals surface area contributed by atoms with E-state index in [1.807, 2.05) is 52.9 Å². The lowest BCUT2D eigenvalue weighted by Gasteiger charge is -2.45. The predicted octanol–water partition coefficient (Wildman–Crippen LogP) is 19.5. The molecule has 0 aromatic carbocycles. The third kappa shape index (κ3) is 59.3. The number of hydrogen-bond donors (Lipinski definition) is 0. The standard InChI is InChI=1S/C30H74O7Si6.C14H38O5Si4.2C8H18OSi/c1-27(2,3)31-38(13,14)23-25-42(21,33-29(7,8)9)36-40(17,18)35-41(19,20)37-43(22,34-30(10,11)12)26-24-39(15,16)32-28(4,5)6;1-13(2,3)15-20(7)17-22(9,10)19-23(11,12)18-21(8)16-14(4,5)6;2*1-7-10(5,6)9-8(2,3)4/h23-26H2,1-22H3;20-21H,1-12H3;2*7H,1H2,2-6H3. The van der Waals surface area contributed by atoms with E-state index in [4.69, 9.17) is 60.1 Å². The van der Waals surface area contributed by atoms with Crippen LogP contribution in [-0.4, -0.2) is 148 Å². The zero-order chi connectivity index (χ0) is 70.3. The molecular formula is C60H148O14Si12. The lowest BCUT2D eigenvalue weighted by Crippen LogP contribution is -2.60. The third-order valence-electron chi connectivity index (χ3n) is 10.5. The lowest BCUT2D eigenvalue weighted by atomic mass is 10.2. The highest BCUT2D eigenvalue weighted by atomic mass is 28.5. The summed E-state index contributed by atoms with van der Waals surface area (Å²) in [6.07, 6.45) is 0. The van der Waals surface area contributed by atoms with E-state index < -0.39 is 103 Å². The van der Waals surface area contributed by atoms with Gasteiger partial charge in [-0.1, -0.05) is 11.4 Å². The second-order valence-electron chi connectivity index (χ2n) is 35.5. The van der Waals surface area contributed by atoms with Crippen molar-refractivity contribution in [3.05, 3.63) is 24.6 Å². The Morgan fingerprint density at radius 1 is 0.279 bits per heavy atom. The van der Waals surface area contributed by atoms with Crippen LogP contribution < -0.4 is 0 Å². The molecule has 0 aliphatic heterocycles. The van der Waals surface area contributed by atoms with Gasteiger partial charge in [0.2, 0.25) is 16.6 Å². The van der Waals surface area contributed by atoms with Crippen molar-refractivity contribution in [1.29, 1.82) is 0 Å². The molecule has 0 saturated carbocycles. The first kappa shape index (κ1) is 93.9. The minimum atomic E-state index is -2.67. The Morgan fingerprint density at radius 3 is 0.663 bits per heavy atom. The fraction of sp³-hybridized carbons (Fsp3) is 0.933. The monoisotopic (exact) mass is 1430 g/mol. The SMILES string of the molecule is C=C[Si](C)(C)OC(C)(C)C.C=C[Si](C)(C)OC(C)(C)C.CC(C)(C)O[Si](C)(C)CC[Si](C)(OC(C)(C)C)O[Si](C)(C)O[Si](C)(C)O[Si](C)(CC[Si](C)(C)OC(C)(C)C)OC(C)(C)C.C[SiH](OC(C)(C)C)O[Si](C)(C)O[Si](C)(C)O[SiH](C)OC(C)(C)C. The third-order valence-corrected chi connectivity index (χ3v) is 50.0. The maximum atomic E-state index is 7.06. The van der Waals surface area contributed by atoms with Gasteiger partial charge in [-0.25, -0.2) is 0 Å². The van der Waals surface area contributed by atoms with Gasteiger partial charge < -0.3 is 60.1 Å². The molecule has 0 spiro atoms. The van der Waals surface area contributed by atoms with E-state index in [2.05, 4.69) is 269 Å². The quantitative estimate of drug-likeness (QED) is 0.0689. The van der Waals surface area contributed by atoms with Crippen molar-refractivity contribution in [2.75, 3.05) is 0 Å². The first-order valence-electron chi connectivity index (χ1n) is 31.8. The molecule has 86 heavy (non-hydrogen) atoms. The minimum Gasteiger partial charge on any atom is -0.418 e. The van der Waals surface area contributed by atoms with Gasteiger partial charge in [-0.15, -0.1) is 13.2 Å². The summed E-state index contributed by atoms with van der Waals surface area (Å²) >= 11 is 0. The first-order chi connectivity index (χ1) is 36.8. The Kier molecular flexibility index (Phi) is 37.6. The smallest absolute Gasteiger partial charge is 0.326 e. The Labute approximate surface area is 550 Å². The largest absolute Gasteiger partial charge is 0.418 e. The van der Waals surface area contributed by atoms with Crippen LogP contribution in [0.1, 0.15) is 166 Å². The van der Waals surface area contributed by atoms with Crippen LogP contribution >= 0.6 is 0 Å². The fourth-order valence-corrected chi connectivity index (χ4v) is 58.3. The summed E-state index contributed by atoms with van der Waals surface area (Å²) in [5, 5.41) is 0. The van der Waals surface area contributed by atoms with Crippen LogP contribution in [0.5, 0.6) is 0 Å². The van der Waals surface area contributed by atoms with Crippen LogP contribution in [0.4, 0.5) is 0 Å². The fourth-order valence-electron chi connectivity index (χ4n) is 10.2. The van der Waals surface area contributed by atoms with Crippen LogP contribution in [0.2, 0.25) is 155 Å². The van der Waals surface area contributed by atoms with E-state index in [-0.39, 0.29) is 44.8 Å². The summed E-state index contributed by atoms with van der Waals surface area (Å²) in [6.45, 7) is 101. The maximum Gasteiger partial charge on any atom is 0.326 e. The Hall–Kier alpha value is 1.52. The van der Waals surface area contributed by atoms with Crippen molar-refractivity contribution in [3.63, 3.8) is 0 Å². The molecule has 4 unspecified atom stereocenters. The molecule has 0 amide bonds. The summed E-state index contributed by atoms with van der Waals surface area (Å²) in [7, 11) is -25.6. The molecule has 0 rings (SSSR count). The Bertz CT molecular complexity index is 1820. The number of rotatable bonds is 28. The second kappa shape index (κ2) is 34.5. The maximum absolute atomic E-state index is 7.06. The molecule has 26 heteroatoms. The van der Waals surface area contributed by atoms with Crippen LogP contribution in [0.15, 0.2) is 24.6 Å². The van der Waals surface area contributed by atoms with Gasteiger partial charge >= 0.3 is 69.9 Å². The molecule has 14 nitrogen and oxygen atoms in total. The summed E-state index contributed by atoms with van der Waals surface area (Å²) in [5.74, 6) is 0. The van der Waals surface area contributed by atoms with Gasteiger partial charge in [0.1, 0.15) is 0 Å². The normalized spacial score (nSPS) is 16.7. The summed E-state index contributed by atoms with van der Waals surface area (Å²) in [4.78, 5) is 0. The van der Waals surface area contributed by atoms with Gasteiger partial charge in [0.05, 0.1) is 11.2 Å². The average Bonchev–Trinajstić information content (AvgIpc) is 3.08. The molecule has 0 fully saturated rings. The van der Waals surface area contributed by atoms with Gasteiger partial charge in [0.25, 0.3) is 0 Å². The molecular weight excluding hydrogens is 1280 g/mol. The van der Waals surface area contributed by atoms with Crippen molar-refractivity contribution >= 4 is 103 Å². The molecule has 0 aliphatic rings. The number of hydrogen-bond acceptors (Lipinski definition) is 14. The second-order valence-corrected chi connectivity index (χ2v) is 76.6. The Balaban J connectivity index is -0.000000641. The van der Waals surface area contributed by atoms with E-state index in [0.717, 1.165) is 24.2 Å². The summed E-state index contributed by atoms with van der Waals surface area (Å²) in [5.41, 5.74) is 2.55. The minimum absolute atomic E-state index is 0.0239. The molecule has 0 radical (unpaired) electrons. The lowest BCUT2D eigenvalue weighted by molar-refractivity contribution is 0.0800. The van der Waals surface area contributed by atoms with Gasteiger partial charge in [-0.3, -0.25) is 0 Å². The van der Waals surface area contributed by atoms with Crippen LogP contribution in [0.3, 0.4) is 0 Å². The van der Waals surface area contributed by atoms with Crippen molar-refractivity contribution in [1.82, 2.24) is 0 Å². The molecule has 0 heterocycles. The van der Waals surface area contributed by atoms with Crippen molar-refractivity contribution < 1.29 is 60.1 Å². The van der Waals surface area contributed by atoms with Crippen LogP contribution in [-0.2, 0) is 60.1 Å². The molecule has 0 bridgehead atoms. The first-order valence-corrected chi connectivity index (χ1v) is 64.5. The van der Waals surface area contributed by atoms with E-state index in [9.17, 15) is 0 Å². The van der Waals surface area contributed by atoms with E-state index in [0.29, 0.717) is 0 Å². The van der Waals surface area contributed by atoms with Gasteiger partial charge in [0.15, 0.2) is 16.6 Å². The van der Waals surface area contributed by atoms with Crippen LogP contribution in [0.25, 0.3) is 0 Å². The molecule has 0 aliphatic carbocycles. The average molecular weight is 1430 g/mol. The zero-order valence-electron chi connectivity index (χ0n) is 65.3. The van der Waals surface area contributed by atoms with Gasteiger partial charge in [0, 0.05) is 33.6 Å². The molecule has 0 aromatic rings. The summed E-state index contributed by atoms with van der Waals surface area (Å²) < 4.78 is 90.0. The topological polar surface area (TPSA) is 129 Å². The molecule has 520 valence electrons. The van der Waals surface area contributed by atoms with Gasteiger partial charge in [-0.05, 0) is 321 Å². The zero-order valence-corrected chi connectivity index (χ0v) is 77.6. The van der Waals surface area contributed by atoms with Crippen molar-refractivity contribution in [2.24, 2.45) is 0 Å². The summed E-state index contributed by atoms with van der Waals surface area (Å²) in [6, 6.07) is 3.70. The Morgan fingerprint density at radius 2 is 0.488 bits per heavy atom. The molecule has 0 saturated heterocycles. The van der Waals surface area contributed by atoms with Crippen molar-refractivity contribution in [2.45, 2.75) is 366 Å². The molecule has 4 atom stereocenters. The van der Waals surface area contributed by atoms with E-state index in [1.165, 1.54) is 0 Å². The predicted molar refractivity (Wildman–Crippen MR) is 402 cm³/mol. The van der Waals surface area contributed by atoms with E-state index in [1.54, 1.807) is 0 Å². The van der Waals surface area contributed by atoms with Gasteiger partial charge in [-0.2, -0.15) is 0 Å².